The van der Waals surface area contributed by atoms with Crippen molar-refractivity contribution in [2.75, 3.05) is 26.2 Å². The molecule has 0 aliphatic carbocycles. The van der Waals surface area contributed by atoms with Crippen LogP contribution in [0.4, 0.5) is 13.6 Å². The number of carbonyl (C=O) groups excluding carboxylic acids is 1. The normalized spacial score (nSPS) is 20.9. The van der Waals surface area contributed by atoms with Crippen LogP contribution in [0.25, 0.3) is 10.9 Å². The molecule has 1 aromatic carbocycles. The number of nitrogens with one attached hydrogen (secondary N) is 2. The van der Waals surface area contributed by atoms with E-state index < -0.39 is 17.7 Å². The Hall–Kier alpha value is -2.19. The number of H-pyrrole nitrogens is 1. The standard InChI is InChI=1S/C17H21F2N3O3/c18-13-5-12-10(7-21-15(12)6-14(13)19)1-3-20-17(25)22-4-2-16(24)11(8-22)9-23/h5-7,11,16,21,23-24H,1-4,8-9H2,(H,20,25). The summed E-state index contributed by atoms with van der Waals surface area (Å²) in [6.45, 7) is 0.915. The molecule has 1 aliphatic rings. The van der Waals surface area contributed by atoms with Crippen molar-refractivity contribution in [2.24, 2.45) is 5.92 Å². The second-order valence-corrected chi connectivity index (χ2v) is 6.35. The van der Waals surface area contributed by atoms with Gasteiger partial charge < -0.3 is 25.4 Å². The number of hydrogen-bond donors (Lipinski definition) is 4. The molecule has 0 saturated carbocycles. The van der Waals surface area contributed by atoms with Gasteiger partial charge in [0.05, 0.1) is 12.7 Å². The lowest BCUT2D eigenvalue weighted by atomic mass is 9.96. The fourth-order valence-electron chi connectivity index (χ4n) is 3.18. The van der Waals surface area contributed by atoms with Crippen LogP contribution >= 0.6 is 0 Å². The zero-order valence-electron chi connectivity index (χ0n) is 13.6. The molecule has 25 heavy (non-hydrogen) atoms. The Bertz CT molecular complexity index is 765. The van der Waals surface area contributed by atoms with Crippen LogP contribution in [0.2, 0.25) is 0 Å². The Morgan fingerprint density at radius 2 is 2.12 bits per heavy atom. The zero-order chi connectivity index (χ0) is 18.0. The Labute approximate surface area is 143 Å². The highest BCUT2D eigenvalue weighted by Crippen LogP contribution is 2.22. The predicted octanol–water partition coefficient (Wildman–Crippen LogP) is 1.37. The number of piperidine rings is 1. The minimum atomic E-state index is -0.903. The molecule has 1 aromatic heterocycles. The molecule has 2 atom stereocenters. The highest BCUT2D eigenvalue weighted by atomic mass is 19.2. The number of nitrogens with zero attached hydrogens (tertiary/aromatic N) is 1. The van der Waals surface area contributed by atoms with Crippen LogP contribution in [0.5, 0.6) is 0 Å². The Balaban J connectivity index is 1.56. The van der Waals surface area contributed by atoms with Crippen molar-refractivity contribution in [3.63, 3.8) is 0 Å². The molecule has 3 rings (SSSR count). The summed E-state index contributed by atoms with van der Waals surface area (Å²) < 4.78 is 26.6. The lowest BCUT2D eigenvalue weighted by Gasteiger charge is -2.35. The lowest BCUT2D eigenvalue weighted by molar-refractivity contribution is 0.0124. The second kappa shape index (κ2) is 7.37. The van der Waals surface area contributed by atoms with Gasteiger partial charge in [0.15, 0.2) is 11.6 Å². The van der Waals surface area contributed by atoms with Crippen LogP contribution in [0.3, 0.4) is 0 Å². The van der Waals surface area contributed by atoms with Gasteiger partial charge >= 0.3 is 6.03 Å². The van der Waals surface area contributed by atoms with Gasteiger partial charge in [-0.25, -0.2) is 13.6 Å². The topological polar surface area (TPSA) is 88.6 Å². The molecule has 2 heterocycles. The summed E-state index contributed by atoms with van der Waals surface area (Å²) in [5.41, 5.74) is 1.30. The van der Waals surface area contributed by atoms with Gasteiger partial charge in [0.2, 0.25) is 0 Å². The van der Waals surface area contributed by atoms with Crippen LogP contribution in [0, 0.1) is 17.6 Å². The van der Waals surface area contributed by atoms with Gasteiger partial charge in [-0.3, -0.25) is 0 Å². The number of urea groups is 1. The number of aromatic nitrogens is 1. The van der Waals surface area contributed by atoms with Gasteiger partial charge in [-0.2, -0.15) is 0 Å². The van der Waals surface area contributed by atoms with Gasteiger partial charge in [-0.1, -0.05) is 0 Å². The van der Waals surface area contributed by atoms with Gasteiger partial charge in [0, 0.05) is 48.7 Å². The van der Waals surface area contributed by atoms with E-state index in [1.807, 2.05) is 0 Å². The van der Waals surface area contributed by atoms with Gasteiger partial charge in [-0.05, 0) is 24.5 Å². The average molecular weight is 353 g/mol. The minimum absolute atomic E-state index is 0.164. The third-order valence-corrected chi connectivity index (χ3v) is 4.69. The number of likely N-dealkylation sites (tertiary alicyclic amines) is 1. The van der Waals surface area contributed by atoms with Crippen molar-refractivity contribution < 1.29 is 23.8 Å². The molecule has 1 fully saturated rings. The number of fused-ring (bicyclic) bond motifs is 1. The summed E-state index contributed by atoms with van der Waals surface area (Å²) in [4.78, 5) is 16.6. The van der Waals surface area contributed by atoms with Crippen molar-refractivity contribution >= 4 is 16.9 Å². The van der Waals surface area contributed by atoms with E-state index in [1.165, 1.54) is 0 Å². The largest absolute Gasteiger partial charge is 0.396 e. The number of amides is 2. The van der Waals surface area contributed by atoms with E-state index in [9.17, 15) is 23.8 Å². The highest BCUT2D eigenvalue weighted by molar-refractivity contribution is 5.83. The first-order valence-corrected chi connectivity index (χ1v) is 8.26. The minimum Gasteiger partial charge on any atom is -0.396 e. The van der Waals surface area contributed by atoms with Crippen molar-refractivity contribution in [2.45, 2.75) is 18.9 Å². The fourth-order valence-corrected chi connectivity index (χ4v) is 3.18. The first kappa shape index (κ1) is 17.6. The van der Waals surface area contributed by atoms with Crippen molar-refractivity contribution in [3.8, 4) is 0 Å². The maximum absolute atomic E-state index is 13.4. The summed E-state index contributed by atoms with van der Waals surface area (Å²) in [6, 6.07) is 2.00. The van der Waals surface area contributed by atoms with Crippen molar-refractivity contribution in [1.82, 2.24) is 15.2 Å². The molecule has 0 bridgehead atoms. The van der Waals surface area contributed by atoms with Crippen molar-refractivity contribution in [3.05, 3.63) is 35.5 Å². The molecule has 2 amide bonds. The third kappa shape index (κ3) is 3.74. The molecule has 8 heteroatoms. The molecule has 2 unspecified atom stereocenters. The van der Waals surface area contributed by atoms with E-state index in [0.717, 1.165) is 17.7 Å². The van der Waals surface area contributed by atoms with E-state index in [0.29, 0.717) is 43.4 Å². The molecular formula is C17H21F2N3O3. The molecule has 2 aromatic rings. The van der Waals surface area contributed by atoms with E-state index >= 15 is 0 Å². The van der Waals surface area contributed by atoms with E-state index in [-0.39, 0.29) is 18.6 Å². The number of halogens is 2. The Kier molecular flexibility index (Phi) is 5.19. The van der Waals surface area contributed by atoms with E-state index in [4.69, 9.17) is 0 Å². The Morgan fingerprint density at radius 3 is 2.88 bits per heavy atom. The van der Waals surface area contributed by atoms with Crippen LogP contribution in [-0.2, 0) is 6.42 Å². The summed E-state index contributed by atoms with van der Waals surface area (Å²) in [6.07, 6.45) is 1.99. The summed E-state index contributed by atoms with van der Waals surface area (Å²) >= 11 is 0. The lowest BCUT2D eigenvalue weighted by Crippen LogP contribution is -2.50. The highest BCUT2D eigenvalue weighted by Gasteiger charge is 2.29. The Morgan fingerprint density at radius 1 is 1.36 bits per heavy atom. The summed E-state index contributed by atoms with van der Waals surface area (Å²) in [5, 5.41) is 22.3. The molecule has 1 saturated heterocycles. The molecule has 1 aliphatic heterocycles. The number of benzene rings is 1. The smallest absolute Gasteiger partial charge is 0.317 e. The van der Waals surface area contributed by atoms with E-state index in [2.05, 4.69) is 10.3 Å². The number of rotatable bonds is 4. The average Bonchev–Trinajstić information content (AvgIpc) is 2.97. The number of aromatic amines is 1. The molecule has 6 nitrogen and oxygen atoms in total. The number of aliphatic hydroxyl groups excluding tert-OH is 2. The quantitative estimate of drug-likeness (QED) is 0.669. The van der Waals surface area contributed by atoms with Gasteiger partial charge in [0.1, 0.15) is 0 Å². The van der Waals surface area contributed by atoms with Crippen LogP contribution in [0.15, 0.2) is 18.3 Å². The maximum atomic E-state index is 13.4. The van der Waals surface area contributed by atoms with Gasteiger partial charge in [0.25, 0.3) is 0 Å². The second-order valence-electron chi connectivity index (χ2n) is 6.35. The molecule has 4 N–H and O–H groups in total. The van der Waals surface area contributed by atoms with Crippen LogP contribution in [0.1, 0.15) is 12.0 Å². The fraction of sp³-hybridized carbons (Fsp3) is 0.471. The SMILES string of the molecule is O=C(NCCc1c[nH]c2cc(F)c(F)cc12)N1CCC(O)C(CO)C1. The molecular weight excluding hydrogens is 332 g/mol. The van der Waals surface area contributed by atoms with Gasteiger partial charge in [-0.15, -0.1) is 0 Å². The number of aliphatic hydroxyl groups is 2. The number of carbonyl (C=O) groups is 1. The monoisotopic (exact) mass is 353 g/mol. The third-order valence-electron chi connectivity index (χ3n) is 4.69. The first-order chi connectivity index (χ1) is 12.0. The molecule has 0 spiro atoms. The zero-order valence-corrected chi connectivity index (χ0v) is 13.6. The van der Waals surface area contributed by atoms with E-state index in [1.54, 1.807) is 11.1 Å². The summed E-state index contributed by atoms with van der Waals surface area (Å²) in [7, 11) is 0. The van der Waals surface area contributed by atoms with Crippen LogP contribution in [-0.4, -0.2) is 58.5 Å². The molecule has 0 radical (unpaired) electrons. The van der Waals surface area contributed by atoms with Crippen LogP contribution < -0.4 is 5.32 Å². The number of hydrogen-bond acceptors (Lipinski definition) is 3. The molecule has 136 valence electrons. The maximum Gasteiger partial charge on any atom is 0.317 e. The van der Waals surface area contributed by atoms with Crippen molar-refractivity contribution in [1.29, 1.82) is 0 Å². The summed E-state index contributed by atoms with van der Waals surface area (Å²) in [5.74, 6) is -2.13. The predicted molar refractivity (Wildman–Crippen MR) is 88.1 cm³/mol. The first-order valence-electron chi connectivity index (χ1n) is 8.26.